The molecule has 17 heavy (non-hydrogen) atoms. The minimum atomic E-state index is -0.747. The van der Waals surface area contributed by atoms with Crippen LogP contribution in [0.2, 0.25) is 0 Å². The number of hydrogen-bond acceptors (Lipinski definition) is 2. The summed E-state index contributed by atoms with van der Waals surface area (Å²) in [7, 11) is 0. The van der Waals surface area contributed by atoms with Gasteiger partial charge in [0.1, 0.15) is 0 Å². The third kappa shape index (κ3) is 3.11. The van der Waals surface area contributed by atoms with E-state index in [2.05, 4.69) is 17.6 Å². The molecule has 0 bridgehead atoms. The lowest BCUT2D eigenvalue weighted by molar-refractivity contribution is -0.141. The highest BCUT2D eigenvalue weighted by Crippen LogP contribution is 2.33. The molecule has 0 spiro atoms. The summed E-state index contributed by atoms with van der Waals surface area (Å²) in [4.78, 5) is 22.4. The highest BCUT2D eigenvalue weighted by atomic mass is 16.4. The Morgan fingerprint density at radius 3 is 2.53 bits per heavy atom. The monoisotopic (exact) mass is 240 g/mol. The van der Waals surface area contributed by atoms with Crippen molar-refractivity contribution >= 4 is 12.0 Å². The molecule has 2 saturated carbocycles. The average Bonchev–Trinajstić information content (AvgIpc) is 2.83. The summed E-state index contributed by atoms with van der Waals surface area (Å²) >= 11 is 0. The first kappa shape index (κ1) is 12.2. The van der Waals surface area contributed by atoms with Gasteiger partial charge in [-0.3, -0.25) is 4.79 Å². The molecule has 4 atom stereocenters. The van der Waals surface area contributed by atoms with Crippen molar-refractivity contribution in [3.63, 3.8) is 0 Å². The van der Waals surface area contributed by atoms with Crippen molar-refractivity contribution in [3.8, 4) is 0 Å². The minimum Gasteiger partial charge on any atom is -0.481 e. The van der Waals surface area contributed by atoms with E-state index in [9.17, 15) is 9.59 Å². The van der Waals surface area contributed by atoms with Crippen LogP contribution < -0.4 is 10.6 Å². The highest BCUT2D eigenvalue weighted by Gasteiger charge is 2.37. The molecular formula is C12H20N2O3. The third-order valence-electron chi connectivity index (χ3n) is 3.88. The zero-order valence-electron chi connectivity index (χ0n) is 10.1. The van der Waals surface area contributed by atoms with Gasteiger partial charge in [0.05, 0.1) is 5.92 Å². The van der Waals surface area contributed by atoms with Gasteiger partial charge >= 0.3 is 12.0 Å². The Morgan fingerprint density at radius 1 is 1.24 bits per heavy atom. The fraction of sp³-hybridized carbons (Fsp3) is 0.833. The molecule has 0 aromatic carbocycles. The van der Waals surface area contributed by atoms with Gasteiger partial charge in [0.15, 0.2) is 0 Å². The first-order chi connectivity index (χ1) is 8.10. The van der Waals surface area contributed by atoms with Crippen LogP contribution in [0.25, 0.3) is 0 Å². The lowest BCUT2D eigenvalue weighted by Gasteiger charge is -2.13. The number of urea groups is 1. The van der Waals surface area contributed by atoms with Gasteiger partial charge in [0, 0.05) is 12.1 Å². The van der Waals surface area contributed by atoms with Gasteiger partial charge in [-0.2, -0.15) is 0 Å². The molecule has 2 fully saturated rings. The molecule has 0 radical (unpaired) electrons. The molecule has 3 N–H and O–H groups in total. The molecule has 2 aliphatic rings. The Morgan fingerprint density at radius 2 is 2.00 bits per heavy atom. The van der Waals surface area contributed by atoms with E-state index < -0.39 is 5.97 Å². The summed E-state index contributed by atoms with van der Waals surface area (Å²) < 4.78 is 0. The van der Waals surface area contributed by atoms with Crippen LogP contribution in [0, 0.1) is 11.8 Å². The second-order valence-electron chi connectivity index (χ2n) is 5.17. The number of carboxylic acid groups (broad SMARTS) is 1. The molecule has 5 heteroatoms. The molecule has 2 amide bonds. The Balaban J connectivity index is 1.68. The number of carbonyl (C=O) groups is 2. The summed E-state index contributed by atoms with van der Waals surface area (Å²) in [5.74, 6) is -0.399. The van der Waals surface area contributed by atoms with Gasteiger partial charge in [0.2, 0.25) is 0 Å². The second-order valence-corrected chi connectivity index (χ2v) is 5.17. The molecule has 2 rings (SSSR count). The first-order valence-corrected chi connectivity index (χ1v) is 6.40. The van der Waals surface area contributed by atoms with Crippen molar-refractivity contribution in [2.45, 2.75) is 51.1 Å². The highest BCUT2D eigenvalue weighted by molar-refractivity contribution is 5.75. The number of rotatable bonds is 4. The molecule has 0 aromatic rings. The van der Waals surface area contributed by atoms with Crippen LogP contribution >= 0.6 is 0 Å². The number of hydrogen-bond donors (Lipinski definition) is 3. The van der Waals surface area contributed by atoms with Gasteiger partial charge in [-0.1, -0.05) is 13.3 Å². The molecule has 0 saturated heterocycles. The quantitative estimate of drug-likeness (QED) is 0.693. The van der Waals surface area contributed by atoms with Crippen LogP contribution in [0.5, 0.6) is 0 Å². The summed E-state index contributed by atoms with van der Waals surface area (Å²) in [5.41, 5.74) is 0. The zero-order valence-corrected chi connectivity index (χ0v) is 10.1. The van der Waals surface area contributed by atoms with E-state index in [-0.39, 0.29) is 18.0 Å². The van der Waals surface area contributed by atoms with Crippen LogP contribution in [0.15, 0.2) is 0 Å². The molecule has 0 aromatic heterocycles. The maximum Gasteiger partial charge on any atom is 0.315 e. The number of aliphatic carboxylic acids is 1. The summed E-state index contributed by atoms with van der Waals surface area (Å²) in [6.45, 7) is 2.12. The third-order valence-corrected chi connectivity index (χ3v) is 3.88. The molecule has 96 valence electrons. The fourth-order valence-corrected chi connectivity index (χ4v) is 2.61. The number of amides is 2. The Bertz CT molecular complexity index is 319. The van der Waals surface area contributed by atoms with Crippen LogP contribution in [0.1, 0.15) is 39.0 Å². The molecular weight excluding hydrogens is 220 g/mol. The van der Waals surface area contributed by atoms with Crippen LogP contribution in [0.4, 0.5) is 4.79 Å². The number of nitrogens with one attached hydrogen (secondary N) is 2. The van der Waals surface area contributed by atoms with Gasteiger partial charge in [-0.25, -0.2) is 4.79 Å². The van der Waals surface area contributed by atoms with Crippen LogP contribution in [-0.2, 0) is 4.79 Å². The van der Waals surface area contributed by atoms with Crippen molar-refractivity contribution in [1.82, 2.24) is 10.6 Å². The normalized spacial score (nSPS) is 35.4. The number of carboxylic acids is 1. The van der Waals surface area contributed by atoms with E-state index in [1.54, 1.807) is 0 Å². The molecule has 0 heterocycles. The van der Waals surface area contributed by atoms with E-state index in [4.69, 9.17) is 5.11 Å². The van der Waals surface area contributed by atoms with Gasteiger partial charge < -0.3 is 15.7 Å². The van der Waals surface area contributed by atoms with Crippen molar-refractivity contribution < 1.29 is 14.7 Å². The SMILES string of the molecule is CCC1CC1NC(=O)N[C@H]1CC[C@@H](C(=O)O)C1. The lowest BCUT2D eigenvalue weighted by Crippen LogP contribution is -2.42. The maximum absolute atomic E-state index is 11.6. The van der Waals surface area contributed by atoms with Gasteiger partial charge in [-0.15, -0.1) is 0 Å². The zero-order chi connectivity index (χ0) is 12.4. The van der Waals surface area contributed by atoms with Crippen LogP contribution in [-0.4, -0.2) is 29.2 Å². The number of carbonyl (C=O) groups excluding carboxylic acids is 1. The van der Waals surface area contributed by atoms with Gasteiger partial charge in [-0.05, 0) is 31.6 Å². The van der Waals surface area contributed by atoms with Gasteiger partial charge in [0.25, 0.3) is 0 Å². The summed E-state index contributed by atoms with van der Waals surface area (Å²) in [5, 5.41) is 14.7. The maximum atomic E-state index is 11.6. The van der Waals surface area contributed by atoms with E-state index in [0.29, 0.717) is 24.8 Å². The van der Waals surface area contributed by atoms with Crippen molar-refractivity contribution in [1.29, 1.82) is 0 Å². The van der Waals surface area contributed by atoms with Crippen LogP contribution in [0.3, 0.4) is 0 Å². The Kier molecular flexibility index (Phi) is 3.54. The molecule has 0 aliphatic heterocycles. The van der Waals surface area contributed by atoms with Crippen molar-refractivity contribution in [2.75, 3.05) is 0 Å². The average molecular weight is 240 g/mol. The largest absolute Gasteiger partial charge is 0.481 e. The minimum absolute atomic E-state index is 0.0231. The predicted octanol–water partition coefficient (Wildman–Crippen LogP) is 1.34. The smallest absolute Gasteiger partial charge is 0.315 e. The fourth-order valence-electron chi connectivity index (χ4n) is 2.61. The Labute approximate surface area is 101 Å². The second kappa shape index (κ2) is 4.94. The Hall–Kier alpha value is -1.26. The summed E-state index contributed by atoms with van der Waals surface area (Å²) in [6, 6.07) is 0.216. The van der Waals surface area contributed by atoms with E-state index in [1.165, 1.54) is 0 Å². The topological polar surface area (TPSA) is 78.4 Å². The predicted molar refractivity (Wildman–Crippen MR) is 62.6 cm³/mol. The lowest BCUT2D eigenvalue weighted by atomic mass is 10.1. The first-order valence-electron chi connectivity index (χ1n) is 6.40. The molecule has 2 unspecified atom stereocenters. The van der Waals surface area contributed by atoms with E-state index in [1.807, 2.05) is 0 Å². The standard InChI is InChI=1S/C12H20N2O3/c1-2-7-6-10(7)14-12(17)13-9-4-3-8(5-9)11(15)16/h7-10H,2-6H2,1H3,(H,15,16)(H2,13,14,17)/t7?,8-,9+,10?/m1/s1. The summed E-state index contributed by atoms with van der Waals surface area (Å²) in [6.07, 6.45) is 4.18. The van der Waals surface area contributed by atoms with E-state index in [0.717, 1.165) is 19.3 Å². The molecule has 2 aliphatic carbocycles. The van der Waals surface area contributed by atoms with Crippen molar-refractivity contribution in [3.05, 3.63) is 0 Å². The van der Waals surface area contributed by atoms with E-state index >= 15 is 0 Å². The molecule has 5 nitrogen and oxygen atoms in total. The van der Waals surface area contributed by atoms with Crippen molar-refractivity contribution in [2.24, 2.45) is 11.8 Å².